The Kier molecular flexibility index (Phi) is 3.62. The van der Waals surface area contributed by atoms with Crippen molar-refractivity contribution in [1.29, 1.82) is 0 Å². The fraction of sp³-hybridized carbons (Fsp3) is 1.00. The van der Waals surface area contributed by atoms with E-state index >= 15 is 0 Å². The van der Waals surface area contributed by atoms with Gasteiger partial charge in [0.1, 0.15) is 6.17 Å². The molecule has 2 unspecified atom stereocenters. The Labute approximate surface area is 91.4 Å². The van der Waals surface area contributed by atoms with E-state index in [0.717, 1.165) is 32.3 Å². The molecule has 1 aliphatic heterocycles. The molecule has 0 bridgehead atoms. The Morgan fingerprint density at radius 2 is 2.07 bits per heavy atom. The normalized spacial score (nSPS) is 32.8. The van der Waals surface area contributed by atoms with E-state index in [9.17, 15) is 4.39 Å². The lowest BCUT2D eigenvalue weighted by molar-refractivity contribution is -0.126. The summed E-state index contributed by atoms with van der Waals surface area (Å²) in [5.41, 5.74) is 5.42. The van der Waals surface area contributed by atoms with Gasteiger partial charge < -0.3 is 10.5 Å². The largest absolute Gasteiger partial charge is 0.375 e. The van der Waals surface area contributed by atoms with Gasteiger partial charge in [0.05, 0.1) is 5.60 Å². The van der Waals surface area contributed by atoms with Crippen molar-refractivity contribution in [3.63, 3.8) is 0 Å². The first-order chi connectivity index (χ1) is 7.26. The minimum Gasteiger partial charge on any atom is -0.375 e. The minimum atomic E-state index is -0.826. The standard InChI is InChI=1S/C12H22FNO/c13-11(9-14)10-4-7-15-12(8-10)5-2-1-3-6-12/h10-11H,1-9,14H2. The minimum absolute atomic E-state index is 0.0146. The van der Waals surface area contributed by atoms with E-state index in [-0.39, 0.29) is 18.1 Å². The van der Waals surface area contributed by atoms with E-state index in [4.69, 9.17) is 10.5 Å². The van der Waals surface area contributed by atoms with Crippen LogP contribution in [0.5, 0.6) is 0 Å². The zero-order valence-corrected chi connectivity index (χ0v) is 9.38. The summed E-state index contributed by atoms with van der Waals surface area (Å²) in [6, 6.07) is 0. The molecule has 1 saturated heterocycles. The van der Waals surface area contributed by atoms with Crippen molar-refractivity contribution in [2.75, 3.05) is 13.2 Å². The zero-order chi connectivity index (χ0) is 10.7. The van der Waals surface area contributed by atoms with Crippen LogP contribution in [0.3, 0.4) is 0 Å². The lowest BCUT2D eigenvalue weighted by atomic mass is 9.75. The van der Waals surface area contributed by atoms with Crippen LogP contribution in [-0.2, 0) is 4.74 Å². The molecule has 2 atom stereocenters. The van der Waals surface area contributed by atoms with E-state index < -0.39 is 6.17 Å². The number of hydrogen-bond acceptors (Lipinski definition) is 2. The molecule has 0 aromatic heterocycles. The molecule has 1 heterocycles. The number of nitrogens with two attached hydrogens (primary N) is 1. The van der Waals surface area contributed by atoms with Gasteiger partial charge in [-0.2, -0.15) is 0 Å². The van der Waals surface area contributed by atoms with Gasteiger partial charge in [-0.05, 0) is 31.6 Å². The smallest absolute Gasteiger partial charge is 0.115 e. The lowest BCUT2D eigenvalue weighted by Crippen LogP contribution is -2.44. The highest BCUT2D eigenvalue weighted by Gasteiger charge is 2.40. The van der Waals surface area contributed by atoms with Crippen LogP contribution < -0.4 is 5.73 Å². The number of hydrogen-bond donors (Lipinski definition) is 1. The molecule has 88 valence electrons. The Morgan fingerprint density at radius 3 is 2.73 bits per heavy atom. The van der Waals surface area contributed by atoms with Gasteiger partial charge in [0.2, 0.25) is 0 Å². The molecule has 15 heavy (non-hydrogen) atoms. The molecule has 1 spiro atoms. The predicted molar refractivity (Wildman–Crippen MR) is 58.4 cm³/mol. The van der Waals surface area contributed by atoms with Gasteiger partial charge >= 0.3 is 0 Å². The fourth-order valence-electron chi connectivity index (χ4n) is 3.11. The first-order valence-electron chi connectivity index (χ1n) is 6.24. The van der Waals surface area contributed by atoms with Crippen LogP contribution in [0.15, 0.2) is 0 Å². The average Bonchev–Trinajstić information content (AvgIpc) is 2.29. The van der Waals surface area contributed by atoms with E-state index in [1.807, 2.05) is 0 Å². The third-order valence-electron chi connectivity index (χ3n) is 4.03. The van der Waals surface area contributed by atoms with Crippen LogP contribution in [0.1, 0.15) is 44.9 Å². The highest BCUT2D eigenvalue weighted by molar-refractivity contribution is 4.91. The summed E-state index contributed by atoms with van der Waals surface area (Å²) in [5.74, 6) is 0.141. The summed E-state index contributed by atoms with van der Waals surface area (Å²) in [6.45, 7) is 0.895. The first kappa shape index (κ1) is 11.3. The second-order valence-corrected chi connectivity index (χ2v) is 5.10. The number of alkyl halides is 1. The quantitative estimate of drug-likeness (QED) is 0.767. The maximum absolute atomic E-state index is 13.6. The summed E-state index contributed by atoms with van der Waals surface area (Å²) in [7, 11) is 0. The van der Waals surface area contributed by atoms with Crippen molar-refractivity contribution < 1.29 is 9.13 Å². The zero-order valence-electron chi connectivity index (χ0n) is 9.38. The van der Waals surface area contributed by atoms with Gasteiger partial charge in [0.15, 0.2) is 0 Å². The number of halogens is 1. The topological polar surface area (TPSA) is 35.2 Å². The van der Waals surface area contributed by atoms with Crippen LogP contribution in [0, 0.1) is 5.92 Å². The molecule has 0 aromatic carbocycles. The summed E-state index contributed by atoms with van der Waals surface area (Å²) >= 11 is 0. The van der Waals surface area contributed by atoms with Gasteiger partial charge in [-0.1, -0.05) is 19.3 Å². The molecular formula is C12H22FNO. The summed E-state index contributed by atoms with van der Waals surface area (Å²) in [6.07, 6.45) is 6.96. The van der Waals surface area contributed by atoms with Crippen molar-refractivity contribution >= 4 is 0 Å². The van der Waals surface area contributed by atoms with Crippen molar-refractivity contribution in [2.45, 2.75) is 56.7 Å². The second-order valence-electron chi connectivity index (χ2n) is 5.10. The Bertz CT molecular complexity index is 198. The molecule has 2 nitrogen and oxygen atoms in total. The summed E-state index contributed by atoms with van der Waals surface area (Å²) in [5, 5.41) is 0. The average molecular weight is 215 g/mol. The number of ether oxygens (including phenoxy) is 1. The Hall–Kier alpha value is -0.150. The number of rotatable bonds is 2. The molecule has 2 aliphatic rings. The molecule has 0 amide bonds. The van der Waals surface area contributed by atoms with Crippen molar-refractivity contribution in [3.8, 4) is 0 Å². The molecule has 2 fully saturated rings. The molecule has 1 saturated carbocycles. The van der Waals surface area contributed by atoms with E-state index in [2.05, 4.69) is 0 Å². The molecule has 0 radical (unpaired) electrons. The van der Waals surface area contributed by atoms with Crippen LogP contribution in [0.2, 0.25) is 0 Å². The molecule has 2 rings (SSSR count). The van der Waals surface area contributed by atoms with E-state index in [0.29, 0.717) is 0 Å². The first-order valence-corrected chi connectivity index (χ1v) is 6.24. The highest BCUT2D eigenvalue weighted by Crippen LogP contribution is 2.41. The predicted octanol–water partition coefficient (Wildman–Crippen LogP) is 2.41. The highest BCUT2D eigenvalue weighted by atomic mass is 19.1. The third-order valence-corrected chi connectivity index (χ3v) is 4.03. The van der Waals surface area contributed by atoms with Gasteiger partial charge in [-0.25, -0.2) is 4.39 Å². The van der Waals surface area contributed by atoms with Crippen LogP contribution in [0.4, 0.5) is 4.39 Å². The summed E-state index contributed by atoms with van der Waals surface area (Å²) < 4.78 is 19.5. The summed E-state index contributed by atoms with van der Waals surface area (Å²) in [4.78, 5) is 0. The molecule has 1 aliphatic carbocycles. The Morgan fingerprint density at radius 1 is 1.33 bits per heavy atom. The van der Waals surface area contributed by atoms with Crippen LogP contribution >= 0.6 is 0 Å². The van der Waals surface area contributed by atoms with Crippen molar-refractivity contribution in [1.82, 2.24) is 0 Å². The maximum Gasteiger partial charge on any atom is 0.115 e. The SMILES string of the molecule is NCC(F)C1CCOC2(CCCCC2)C1. The van der Waals surface area contributed by atoms with Gasteiger partial charge in [-0.15, -0.1) is 0 Å². The van der Waals surface area contributed by atoms with Crippen LogP contribution in [-0.4, -0.2) is 24.9 Å². The second kappa shape index (κ2) is 4.79. The maximum atomic E-state index is 13.6. The Balaban J connectivity index is 1.96. The van der Waals surface area contributed by atoms with Gasteiger partial charge in [0, 0.05) is 13.2 Å². The lowest BCUT2D eigenvalue weighted by Gasteiger charge is -2.44. The molecule has 0 aromatic rings. The fourth-order valence-corrected chi connectivity index (χ4v) is 3.11. The van der Waals surface area contributed by atoms with Gasteiger partial charge in [-0.3, -0.25) is 0 Å². The monoisotopic (exact) mass is 215 g/mol. The van der Waals surface area contributed by atoms with Crippen LogP contribution in [0.25, 0.3) is 0 Å². The molecular weight excluding hydrogens is 193 g/mol. The molecule has 2 N–H and O–H groups in total. The van der Waals surface area contributed by atoms with Gasteiger partial charge in [0.25, 0.3) is 0 Å². The third kappa shape index (κ3) is 2.51. The van der Waals surface area contributed by atoms with E-state index in [1.165, 1.54) is 19.3 Å². The van der Waals surface area contributed by atoms with Crippen molar-refractivity contribution in [3.05, 3.63) is 0 Å². The molecule has 3 heteroatoms. The van der Waals surface area contributed by atoms with E-state index in [1.54, 1.807) is 0 Å². The van der Waals surface area contributed by atoms with Crippen molar-refractivity contribution in [2.24, 2.45) is 11.7 Å².